The Labute approximate surface area is 65.6 Å². The molecule has 0 aliphatic heterocycles. The van der Waals surface area contributed by atoms with Crippen molar-refractivity contribution in [1.82, 2.24) is 0 Å². The van der Waals surface area contributed by atoms with Crippen molar-refractivity contribution in [2.75, 3.05) is 0 Å². The topological polar surface area (TPSA) is 23.8 Å². The molecule has 0 aromatic heterocycles. The van der Waals surface area contributed by atoms with Gasteiger partial charge in [0.1, 0.15) is 0 Å². The molecule has 0 N–H and O–H groups in total. The number of hydrogen-bond donors (Lipinski definition) is 0. The monoisotopic (exact) mass is 141 g/mol. The van der Waals surface area contributed by atoms with Gasteiger partial charge in [-0.05, 0) is 23.6 Å². The Bertz CT molecular complexity index is 346. The van der Waals surface area contributed by atoms with Crippen molar-refractivity contribution in [3.63, 3.8) is 0 Å². The van der Waals surface area contributed by atoms with Crippen molar-refractivity contribution in [2.45, 2.75) is 6.42 Å². The Morgan fingerprint density at radius 2 is 2.27 bits per heavy atom. The smallest absolute Gasteiger partial charge is 0.0997 e. The highest BCUT2D eigenvalue weighted by Crippen LogP contribution is 2.28. The Hall–Kier alpha value is -1.55. The van der Waals surface area contributed by atoms with E-state index < -0.39 is 0 Å². The summed E-state index contributed by atoms with van der Waals surface area (Å²) in [4.78, 5) is 0. The third-order valence-electron chi connectivity index (χ3n) is 1.94. The second-order valence-electron chi connectivity index (χ2n) is 2.60. The molecule has 0 unspecified atom stereocenters. The minimum Gasteiger partial charge on any atom is -0.192 e. The number of nitrogens with zero attached hydrogens (tertiary/aromatic N) is 1. The van der Waals surface area contributed by atoms with E-state index in [1.54, 1.807) is 0 Å². The summed E-state index contributed by atoms with van der Waals surface area (Å²) in [5, 5.41) is 8.72. The first-order valence-electron chi connectivity index (χ1n) is 3.60. The van der Waals surface area contributed by atoms with E-state index in [2.05, 4.69) is 12.1 Å². The van der Waals surface area contributed by atoms with Crippen LogP contribution in [0.3, 0.4) is 0 Å². The number of nitriles is 1. The molecule has 0 aromatic carbocycles. The third-order valence-corrected chi connectivity index (χ3v) is 1.94. The molecule has 2 aliphatic carbocycles. The van der Waals surface area contributed by atoms with Crippen molar-refractivity contribution >= 4 is 0 Å². The number of hydrogen-bond acceptors (Lipinski definition) is 1. The summed E-state index contributed by atoms with van der Waals surface area (Å²) in [5.41, 5.74) is 3.16. The quantitative estimate of drug-likeness (QED) is 0.507. The minimum atomic E-state index is 0.788. The van der Waals surface area contributed by atoms with Gasteiger partial charge < -0.3 is 0 Å². The molecule has 11 heavy (non-hydrogen) atoms. The van der Waals surface area contributed by atoms with Crippen LogP contribution >= 0.6 is 0 Å². The molecule has 0 heterocycles. The third kappa shape index (κ3) is 0.841. The highest BCUT2D eigenvalue weighted by Gasteiger charge is 2.12. The number of allylic oxidation sites excluding steroid dienone is 8. The van der Waals surface area contributed by atoms with E-state index in [4.69, 9.17) is 5.26 Å². The van der Waals surface area contributed by atoms with Gasteiger partial charge >= 0.3 is 0 Å². The fourth-order valence-corrected chi connectivity index (χ4v) is 1.39. The lowest BCUT2D eigenvalue weighted by atomic mass is 9.96. The molecular formula is C10H7N. The largest absolute Gasteiger partial charge is 0.192 e. The molecule has 0 aromatic rings. The van der Waals surface area contributed by atoms with Crippen LogP contribution in [-0.4, -0.2) is 0 Å². The van der Waals surface area contributed by atoms with Crippen molar-refractivity contribution in [3.8, 4) is 6.07 Å². The zero-order valence-electron chi connectivity index (χ0n) is 6.04. The lowest BCUT2D eigenvalue weighted by Crippen LogP contribution is -1.91. The van der Waals surface area contributed by atoms with Gasteiger partial charge in [-0.3, -0.25) is 0 Å². The van der Waals surface area contributed by atoms with Crippen LogP contribution < -0.4 is 0 Å². The molecule has 1 nitrogen and oxygen atoms in total. The summed E-state index contributed by atoms with van der Waals surface area (Å²) >= 11 is 0. The summed E-state index contributed by atoms with van der Waals surface area (Å²) in [7, 11) is 0. The summed E-state index contributed by atoms with van der Waals surface area (Å²) in [6.07, 6.45) is 10.9. The summed E-state index contributed by atoms with van der Waals surface area (Å²) < 4.78 is 0. The van der Waals surface area contributed by atoms with Gasteiger partial charge in [0.25, 0.3) is 0 Å². The fraction of sp³-hybridized carbons (Fsp3) is 0.100. The van der Waals surface area contributed by atoms with Crippen LogP contribution in [-0.2, 0) is 0 Å². The maximum Gasteiger partial charge on any atom is 0.0997 e. The fourth-order valence-electron chi connectivity index (χ4n) is 1.39. The highest BCUT2D eigenvalue weighted by atomic mass is 14.3. The zero-order chi connectivity index (χ0) is 7.68. The van der Waals surface area contributed by atoms with E-state index in [0.717, 1.165) is 17.6 Å². The van der Waals surface area contributed by atoms with Gasteiger partial charge in [-0.25, -0.2) is 0 Å². The number of fused-ring (bicyclic) bond motifs is 1. The van der Waals surface area contributed by atoms with Crippen LogP contribution in [0.25, 0.3) is 0 Å². The van der Waals surface area contributed by atoms with Gasteiger partial charge in [-0.2, -0.15) is 5.26 Å². The second-order valence-corrected chi connectivity index (χ2v) is 2.60. The van der Waals surface area contributed by atoms with E-state index >= 15 is 0 Å². The van der Waals surface area contributed by atoms with E-state index in [9.17, 15) is 0 Å². The maximum atomic E-state index is 8.72. The Balaban J connectivity index is 2.57. The summed E-state index contributed by atoms with van der Waals surface area (Å²) in [5.74, 6) is 0. The molecule has 0 bridgehead atoms. The van der Waals surface area contributed by atoms with E-state index in [-0.39, 0.29) is 0 Å². The van der Waals surface area contributed by atoms with Crippen LogP contribution in [0.15, 0.2) is 47.1 Å². The minimum absolute atomic E-state index is 0.788. The van der Waals surface area contributed by atoms with Crippen LogP contribution in [0.1, 0.15) is 6.42 Å². The predicted octanol–water partition coefficient (Wildman–Crippen LogP) is 2.26. The SMILES string of the molecule is N#CC1=C2C=CC=C2CC=C1. The average molecular weight is 141 g/mol. The molecule has 0 atom stereocenters. The van der Waals surface area contributed by atoms with Crippen LogP contribution in [0.2, 0.25) is 0 Å². The van der Waals surface area contributed by atoms with Gasteiger partial charge in [0, 0.05) is 0 Å². The van der Waals surface area contributed by atoms with Gasteiger partial charge in [0.15, 0.2) is 0 Å². The van der Waals surface area contributed by atoms with E-state index in [1.165, 1.54) is 5.57 Å². The molecule has 0 fully saturated rings. The summed E-state index contributed by atoms with van der Waals surface area (Å²) in [6, 6.07) is 2.18. The molecule has 1 heteroatoms. The first-order valence-corrected chi connectivity index (χ1v) is 3.60. The molecule has 0 amide bonds. The standard InChI is InChI=1S/C10H7N/c11-7-9-5-1-3-8-4-2-6-10(8)9/h1-2,4-6H,3H2. The van der Waals surface area contributed by atoms with Crippen LogP contribution in [0.5, 0.6) is 0 Å². The van der Waals surface area contributed by atoms with Crippen LogP contribution in [0, 0.1) is 11.3 Å². The zero-order valence-corrected chi connectivity index (χ0v) is 6.04. The molecular weight excluding hydrogens is 134 g/mol. The normalized spacial score (nSPS) is 19.7. The molecule has 0 saturated heterocycles. The molecule has 2 aliphatic rings. The van der Waals surface area contributed by atoms with Crippen LogP contribution in [0.4, 0.5) is 0 Å². The van der Waals surface area contributed by atoms with Gasteiger partial charge in [0.2, 0.25) is 0 Å². The lowest BCUT2D eigenvalue weighted by Gasteiger charge is -2.07. The Kier molecular flexibility index (Phi) is 1.26. The van der Waals surface area contributed by atoms with Gasteiger partial charge in [-0.1, -0.05) is 24.3 Å². The molecule has 2 rings (SSSR count). The highest BCUT2D eigenvalue weighted by molar-refractivity contribution is 5.60. The second kappa shape index (κ2) is 2.25. The van der Waals surface area contributed by atoms with Crippen molar-refractivity contribution in [1.29, 1.82) is 5.26 Å². The number of rotatable bonds is 0. The molecule has 0 spiro atoms. The van der Waals surface area contributed by atoms with Crippen molar-refractivity contribution in [3.05, 3.63) is 47.1 Å². The molecule has 0 radical (unpaired) electrons. The average Bonchev–Trinajstić information content (AvgIpc) is 2.50. The lowest BCUT2D eigenvalue weighted by molar-refractivity contribution is 1.21. The summed E-state index contributed by atoms with van der Waals surface area (Å²) in [6.45, 7) is 0. The Morgan fingerprint density at radius 1 is 1.36 bits per heavy atom. The first-order chi connectivity index (χ1) is 5.42. The van der Waals surface area contributed by atoms with Crippen molar-refractivity contribution in [2.24, 2.45) is 0 Å². The molecule has 52 valence electrons. The van der Waals surface area contributed by atoms with E-state index in [0.29, 0.717) is 0 Å². The Morgan fingerprint density at radius 3 is 3.09 bits per heavy atom. The van der Waals surface area contributed by atoms with Crippen molar-refractivity contribution < 1.29 is 0 Å². The van der Waals surface area contributed by atoms with Gasteiger partial charge in [-0.15, -0.1) is 0 Å². The maximum absolute atomic E-state index is 8.72. The first kappa shape index (κ1) is 6.18. The van der Waals surface area contributed by atoms with Gasteiger partial charge in [0.05, 0.1) is 11.6 Å². The van der Waals surface area contributed by atoms with E-state index in [1.807, 2.05) is 24.3 Å². The predicted molar refractivity (Wildman–Crippen MR) is 43.6 cm³/mol. The molecule has 0 saturated carbocycles.